The van der Waals surface area contributed by atoms with Gasteiger partial charge in [0.1, 0.15) is 5.76 Å². The molecule has 1 aromatic heterocycles. The first-order chi connectivity index (χ1) is 10.2. The van der Waals surface area contributed by atoms with Crippen molar-refractivity contribution >= 4 is 5.97 Å². The number of carboxylic acid groups (broad SMARTS) is 1. The van der Waals surface area contributed by atoms with Gasteiger partial charge in [-0.25, -0.2) is 4.79 Å². The number of nitrogens with zero attached hydrogens (tertiary/aromatic N) is 2. The molecule has 0 radical (unpaired) electrons. The van der Waals surface area contributed by atoms with Gasteiger partial charge in [-0.1, -0.05) is 0 Å². The zero-order chi connectivity index (χ0) is 14.7. The van der Waals surface area contributed by atoms with E-state index in [2.05, 4.69) is 9.80 Å². The van der Waals surface area contributed by atoms with Gasteiger partial charge >= 0.3 is 5.97 Å². The predicted molar refractivity (Wildman–Crippen MR) is 79.3 cm³/mol. The number of hydrogen-bond acceptors (Lipinski definition) is 4. The number of piperidine rings is 1. The number of rotatable bonds is 5. The van der Waals surface area contributed by atoms with Gasteiger partial charge in [0.05, 0.1) is 6.54 Å². The second-order valence-electron chi connectivity index (χ2n) is 6.30. The Bertz CT molecular complexity index is 472. The van der Waals surface area contributed by atoms with Crippen LogP contribution in [0.25, 0.3) is 0 Å². The van der Waals surface area contributed by atoms with Crippen molar-refractivity contribution in [1.29, 1.82) is 0 Å². The number of likely N-dealkylation sites (tertiary alicyclic amines) is 2. The molecule has 0 spiro atoms. The first kappa shape index (κ1) is 14.6. The third-order valence-electron chi connectivity index (χ3n) is 4.67. The summed E-state index contributed by atoms with van der Waals surface area (Å²) >= 11 is 0. The third kappa shape index (κ3) is 3.86. The molecule has 0 amide bonds. The lowest BCUT2D eigenvalue weighted by atomic mass is 9.96. The van der Waals surface area contributed by atoms with Crippen LogP contribution >= 0.6 is 0 Å². The fourth-order valence-corrected chi connectivity index (χ4v) is 3.46. The first-order valence-electron chi connectivity index (χ1n) is 7.97. The fraction of sp³-hybridized carbons (Fsp3) is 0.688. The second-order valence-corrected chi connectivity index (χ2v) is 6.30. The van der Waals surface area contributed by atoms with E-state index in [-0.39, 0.29) is 5.76 Å². The van der Waals surface area contributed by atoms with Crippen LogP contribution in [0, 0.1) is 5.92 Å². The Labute approximate surface area is 125 Å². The average Bonchev–Trinajstić information content (AvgIpc) is 3.12. The average molecular weight is 292 g/mol. The van der Waals surface area contributed by atoms with Crippen LogP contribution in [-0.2, 0) is 6.54 Å². The van der Waals surface area contributed by atoms with Crippen LogP contribution in [0.2, 0.25) is 0 Å². The van der Waals surface area contributed by atoms with Gasteiger partial charge in [0.2, 0.25) is 5.76 Å². The molecule has 0 aliphatic carbocycles. The maximum absolute atomic E-state index is 10.8. The van der Waals surface area contributed by atoms with Gasteiger partial charge in [-0.05, 0) is 69.9 Å². The first-order valence-corrected chi connectivity index (χ1v) is 7.97. The lowest BCUT2D eigenvalue weighted by Crippen LogP contribution is -2.37. The lowest BCUT2D eigenvalue weighted by Gasteiger charge is -2.33. The number of carbonyl (C=O) groups is 1. The van der Waals surface area contributed by atoms with Crippen LogP contribution < -0.4 is 0 Å². The summed E-state index contributed by atoms with van der Waals surface area (Å²) in [5.74, 6) is 0.621. The summed E-state index contributed by atoms with van der Waals surface area (Å²) in [5, 5.41) is 8.86. The maximum Gasteiger partial charge on any atom is 0.371 e. The van der Waals surface area contributed by atoms with Gasteiger partial charge in [0, 0.05) is 6.54 Å². The fourth-order valence-electron chi connectivity index (χ4n) is 3.46. The van der Waals surface area contributed by atoms with E-state index in [0.717, 1.165) is 31.3 Å². The number of hydrogen-bond donors (Lipinski definition) is 1. The number of furan rings is 1. The van der Waals surface area contributed by atoms with Crippen LogP contribution in [-0.4, -0.2) is 53.6 Å². The van der Waals surface area contributed by atoms with Gasteiger partial charge in [-0.2, -0.15) is 0 Å². The number of aromatic carboxylic acids is 1. The molecule has 1 aromatic rings. The van der Waals surface area contributed by atoms with Crippen molar-refractivity contribution in [3.05, 3.63) is 23.7 Å². The SMILES string of the molecule is O=C(O)c1ccc(CN2CCC(CN3CCCC3)CC2)o1. The molecule has 21 heavy (non-hydrogen) atoms. The smallest absolute Gasteiger partial charge is 0.371 e. The summed E-state index contributed by atoms with van der Waals surface area (Å²) in [7, 11) is 0. The van der Waals surface area contributed by atoms with E-state index >= 15 is 0 Å². The van der Waals surface area contributed by atoms with Crippen molar-refractivity contribution in [2.45, 2.75) is 32.2 Å². The van der Waals surface area contributed by atoms with Gasteiger partial charge < -0.3 is 14.4 Å². The molecule has 3 heterocycles. The summed E-state index contributed by atoms with van der Waals surface area (Å²) in [5.41, 5.74) is 0. The Balaban J connectivity index is 1.43. The monoisotopic (exact) mass is 292 g/mol. The Morgan fingerprint density at radius 1 is 1.14 bits per heavy atom. The third-order valence-corrected chi connectivity index (χ3v) is 4.67. The Kier molecular flexibility index (Phi) is 4.60. The molecule has 1 N–H and O–H groups in total. The van der Waals surface area contributed by atoms with E-state index in [1.54, 1.807) is 6.07 Å². The van der Waals surface area contributed by atoms with Crippen LogP contribution in [0.15, 0.2) is 16.5 Å². The summed E-state index contributed by atoms with van der Waals surface area (Å²) in [6.07, 6.45) is 5.21. The van der Waals surface area contributed by atoms with Gasteiger partial charge in [-0.3, -0.25) is 4.90 Å². The molecule has 5 nitrogen and oxygen atoms in total. The van der Waals surface area contributed by atoms with E-state index in [1.807, 2.05) is 0 Å². The standard InChI is InChI=1S/C16H24N2O3/c19-16(20)15-4-3-14(21-15)12-18-9-5-13(6-10-18)11-17-7-1-2-8-17/h3-4,13H,1-2,5-12H2,(H,19,20). The molecule has 116 valence electrons. The molecular formula is C16H24N2O3. The second kappa shape index (κ2) is 6.62. The van der Waals surface area contributed by atoms with Crippen molar-refractivity contribution in [3.8, 4) is 0 Å². The Morgan fingerprint density at radius 3 is 2.48 bits per heavy atom. The van der Waals surface area contributed by atoms with E-state index in [1.165, 1.54) is 51.4 Å². The molecule has 5 heteroatoms. The van der Waals surface area contributed by atoms with Gasteiger partial charge in [-0.15, -0.1) is 0 Å². The van der Waals surface area contributed by atoms with Crippen LogP contribution in [0.4, 0.5) is 0 Å². The molecule has 0 atom stereocenters. The highest BCUT2D eigenvalue weighted by atomic mass is 16.4. The highest BCUT2D eigenvalue weighted by molar-refractivity contribution is 5.84. The molecule has 2 fully saturated rings. The zero-order valence-electron chi connectivity index (χ0n) is 12.5. The molecule has 3 rings (SSSR count). The highest BCUT2D eigenvalue weighted by Gasteiger charge is 2.23. The van der Waals surface area contributed by atoms with E-state index in [0.29, 0.717) is 0 Å². The Morgan fingerprint density at radius 2 is 1.86 bits per heavy atom. The normalized spacial score (nSPS) is 21.9. The molecule has 2 aliphatic rings. The number of carboxylic acids is 1. The van der Waals surface area contributed by atoms with Crippen molar-refractivity contribution in [2.75, 3.05) is 32.7 Å². The van der Waals surface area contributed by atoms with Crippen LogP contribution in [0.3, 0.4) is 0 Å². The quantitative estimate of drug-likeness (QED) is 0.902. The minimum absolute atomic E-state index is 0.0360. The summed E-state index contributed by atoms with van der Waals surface area (Å²) in [6, 6.07) is 3.32. The van der Waals surface area contributed by atoms with Gasteiger partial charge in [0.15, 0.2) is 0 Å². The van der Waals surface area contributed by atoms with E-state index < -0.39 is 5.97 Å². The predicted octanol–water partition coefficient (Wildman–Crippen LogP) is 2.29. The van der Waals surface area contributed by atoms with Crippen molar-refractivity contribution < 1.29 is 14.3 Å². The molecule has 0 aromatic carbocycles. The molecule has 2 saturated heterocycles. The van der Waals surface area contributed by atoms with Crippen molar-refractivity contribution in [1.82, 2.24) is 9.80 Å². The minimum atomic E-state index is -0.995. The van der Waals surface area contributed by atoms with E-state index in [9.17, 15) is 4.79 Å². The van der Waals surface area contributed by atoms with Crippen molar-refractivity contribution in [2.24, 2.45) is 5.92 Å². The van der Waals surface area contributed by atoms with E-state index in [4.69, 9.17) is 9.52 Å². The zero-order valence-corrected chi connectivity index (χ0v) is 12.5. The molecule has 2 aliphatic heterocycles. The lowest BCUT2D eigenvalue weighted by molar-refractivity contribution is 0.0657. The minimum Gasteiger partial charge on any atom is -0.475 e. The summed E-state index contributed by atoms with van der Waals surface area (Å²) in [6.45, 7) is 6.72. The maximum atomic E-state index is 10.8. The summed E-state index contributed by atoms with van der Waals surface area (Å²) < 4.78 is 5.33. The largest absolute Gasteiger partial charge is 0.475 e. The highest BCUT2D eigenvalue weighted by Crippen LogP contribution is 2.22. The molecule has 0 saturated carbocycles. The van der Waals surface area contributed by atoms with Crippen LogP contribution in [0.1, 0.15) is 42.0 Å². The van der Waals surface area contributed by atoms with Crippen molar-refractivity contribution in [3.63, 3.8) is 0 Å². The van der Waals surface area contributed by atoms with Crippen LogP contribution in [0.5, 0.6) is 0 Å². The molecule has 0 unspecified atom stereocenters. The van der Waals surface area contributed by atoms with Gasteiger partial charge in [0.25, 0.3) is 0 Å². The topological polar surface area (TPSA) is 56.9 Å². The molecule has 0 bridgehead atoms. The Hall–Kier alpha value is -1.33. The molecular weight excluding hydrogens is 268 g/mol. The summed E-state index contributed by atoms with van der Waals surface area (Å²) in [4.78, 5) is 15.8.